The Morgan fingerprint density at radius 1 is 1.11 bits per heavy atom. The number of rotatable bonds is 9. The molecule has 2 atom stereocenters. The van der Waals surface area contributed by atoms with Crippen molar-refractivity contribution in [2.75, 3.05) is 7.11 Å². The molecule has 0 bridgehead atoms. The summed E-state index contributed by atoms with van der Waals surface area (Å²) in [4.78, 5) is 11.7. The number of carbonyl (C=O) groups excluding carboxylic acids is 1. The molecule has 0 aliphatic heterocycles. The molecule has 0 heterocycles. The van der Waals surface area contributed by atoms with Crippen LogP contribution in [0.5, 0.6) is 11.5 Å². The number of hydrogen-bond acceptors (Lipinski definition) is 6. The molecule has 0 aliphatic carbocycles. The molecule has 1 N–H and O–H groups in total. The zero-order valence-corrected chi connectivity index (χ0v) is 15.9. The fourth-order valence-corrected chi connectivity index (χ4v) is 2.75. The van der Waals surface area contributed by atoms with Gasteiger partial charge in [0.2, 0.25) is 0 Å². The second-order valence-electron chi connectivity index (χ2n) is 6.33. The summed E-state index contributed by atoms with van der Waals surface area (Å²) in [5.41, 5.74) is 0.0896. The number of carbonyl (C=O) groups is 1. The highest BCUT2D eigenvalue weighted by Crippen LogP contribution is 2.31. The maximum Gasteiger partial charge on any atom is 0.387 e. The van der Waals surface area contributed by atoms with Crippen LogP contribution in [-0.2, 0) is 20.9 Å². The van der Waals surface area contributed by atoms with Crippen LogP contribution in [-0.4, -0.2) is 35.6 Å². The predicted octanol–water partition coefficient (Wildman–Crippen LogP) is 3.55. The van der Waals surface area contributed by atoms with E-state index >= 15 is 0 Å². The summed E-state index contributed by atoms with van der Waals surface area (Å²) in [5.74, 6) is -1.58. The van der Waals surface area contributed by atoms with Gasteiger partial charge in [0.25, 0.3) is 0 Å². The molecule has 0 aromatic heterocycles. The van der Waals surface area contributed by atoms with Gasteiger partial charge in [-0.05, 0) is 38.5 Å². The quantitative estimate of drug-likeness (QED) is 0.378. The highest BCUT2D eigenvalue weighted by atomic mass is 32.2. The number of benzene rings is 1. The second-order valence-corrected chi connectivity index (χ2v) is 8.32. The van der Waals surface area contributed by atoms with Gasteiger partial charge in [0.1, 0.15) is 16.2 Å². The van der Waals surface area contributed by atoms with Gasteiger partial charge in [-0.25, -0.2) is 0 Å². The van der Waals surface area contributed by atoms with E-state index in [1.54, 1.807) is 20.8 Å². The van der Waals surface area contributed by atoms with Gasteiger partial charge in [0, 0.05) is 17.4 Å². The Hall–Kier alpha value is -1.72. The fourth-order valence-electron chi connectivity index (χ4n) is 1.92. The minimum absolute atomic E-state index is 0.0896. The molecule has 0 fully saturated rings. The molecule has 27 heavy (non-hydrogen) atoms. The maximum absolute atomic E-state index is 12.5. The van der Waals surface area contributed by atoms with E-state index in [0.29, 0.717) is 0 Å². The third-order valence-electron chi connectivity index (χ3n) is 3.16. The highest BCUT2D eigenvalue weighted by molar-refractivity contribution is 7.90. The molecule has 0 spiro atoms. The van der Waals surface area contributed by atoms with Crippen molar-refractivity contribution in [3.8, 4) is 11.5 Å². The Kier molecular flexibility index (Phi) is 8.63. The normalized spacial score (nSPS) is 14.2. The summed E-state index contributed by atoms with van der Waals surface area (Å²) in [7, 11) is 1.14. The minimum Gasteiger partial charge on any atom is -0.598 e. The summed E-state index contributed by atoms with van der Waals surface area (Å²) in [6, 6.07) is 2.10. The third kappa shape index (κ3) is 8.22. The zero-order chi connectivity index (χ0) is 20.8. The summed E-state index contributed by atoms with van der Waals surface area (Å²) in [6.45, 7) is -1.38. The molecule has 0 aliphatic rings. The molecule has 6 nitrogen and oxygen atoms in total. The zero-order valence-electron chi connectivity index (χ0n) is 15.1. The third-order valence-corrected chi connectivity index (χ3v) is 4.77. The molecule has 1 aromatic rings. The standard InChI is InChI=1S/C16H21F4NO5S/c1-16(2,3)27(23)21-12(8-13(22)24-4)9-5-10(25-14(17)18)7-11(6-9)26-15(19)20/h5-7,12,14-15,21H,8H2,1-4H3/t12-,27+/m0/s1. The van der Waals surface area contributed by atoms with Crippen LogP contribution in [0.15, 0.2) is 18.2 Å². The van der Waals surface area contributed by atoms with Crippen molar-refractivity contribution in [2.45, 2.75) is 51.2 Å². The van der Waals surface area contributed by atoms with Crippen molar-refractivity contribution in [3.63, 3.8) is 0 Å². The first-order valence-electron chi connectivity index (χ1n) is 7.72. The highest BCUT2D eigenvalue weighted by Gasteiger charge is 2.31. The van der Waals surface area contributed by atoms with Crippen LogP contribution < -0.4 is 14.2 Å². The first-order chi connectivity index (χ1) is 12.4. The van der Waals surface area contributed by atoms with E-state index in [1.165, 1.54) is 0 Å². The van der Waals surface area contributed by atoms with Crippen LogP contribution in [0.1, 0.15) is 38.8 Å². The van der Waals surface area contributed by atoms with Gasteiger partial charge in [-0.2, -0.15) is 17.6 Å². The monoisotopic (exact) mass is 415 g/mol. The molecule has 0 saturated carbocycles. The predicted molar refractivity (Wildman–Crippen MR) is 90.1 cm³/mol. The topological polar surface area (TPSA) is 79.9 Å². The largest absolute Gasteiger partial charge is 0.598 e. The first-order valence-corrected chi connectivity index (χ1v) is 8.86. The Labute approximate surface area is 157 Å². The van der Waals surface area contributed by atoms with Crippen molar-refractivity contribution in [1.29, 1.82) is 0 Å². The number of alkyl halides is 4. The van der Waals surface area contributed by atoms with Crippen molar-refractivity contribution in [1.82, 2.24) is 4.72 Å². The van der Waals surface area contributed by atoms with E-state index in [-0.39, 0.29) is 12.0 Å². The van der Waals surface area contributed by atoms with E-state index in [0.717, 1.165) is 25.3 Å². The van der Waals surface area contributed by atoms with Crippen molar-refractivity contribution in [3.05, 3.63) is 23.8 Å². The van der Waals surface area contributed by atoms with Crippen LogP contribution in [0, 0.1) is 0 Å². The van der Waals surface area contributed by atoms with Gasteiger partial charge in [-0.3, -0.25) is 4.79 Å². The Balaban J connectivity index is 3.28. The van der Waals surface area contributed by atoms with Gasteiger partial charge in [-0.15, -0.1) is 4.72 Å². The molecule has 0 unspecified atom stereocenters. The summed E-state index contributed by atoms with van der Waals surface area (Å²) >= 11 is -1.66. The smallest absolute Gasteiger partial charge is 0.387 e. The lowest BCUT2D eigenvalue weighted by molar-refractivity contribution is -0.141. The van der Waals surface area contributed by atoms with E-state index in [2.05, 4.69) is 18.9 Å². The number of esters is 1. The van der Waals surface area contributed by atoms with Crippen LogP contribution in [0.25, 0.3) is 0 Å². The molecular formula is C16H21F4NO5S. The lowest BCUT2D eigenvalue weighted by atomic mass is 10.0. The Morgan fingerprint density at radius 2 is 1.59 bits per heavy atom. The van der Waals surface area contributed by atoms with Crippen LogP contribution in [0.3, 0.4) is 0 Å². The molecular weight excluding hydrogens is 394 g/mol. The van der Waals surface area contributed by atoms with E-state index < -0.39 is 52.8 Å². The van der Waals surface area contributed by atoms with Crippen molar-refractivity contribution >= 4 is 17.3 Å². The number of halogens is 4. The first kappa shape index (κ1) is 23.3. The van der Waals surface area contributed by atoms with Gasteiger partial charge < -0.3 is 18.8 Å². The Bertz CT molecular complexity index is 599. The number of methoxy groups -OCH3 is 1. The van der Waals surface area contributed by atoms with Gasteiger partial charge >= 0.3 is 19.2 Å². The summed E-state index contributed by atoms with van der Waals surface area (Å²) < 4.78 is 77.6. The van der Waals surface area contributed by atoms with Crippen LogP contribution >= 0.6 is 0 Å². The lowest BCUT2D eigenvalue weighted by Crippen LogP contribution is -2.41. The molecule has 11 heteroatoms. The Morgan fingerprint density at radius 3 is 1.96 bits per heavy atom. The van der Waals surface area contributed by atoms with Crippen LogP contribution in [0.2, 0.25) is 0 Å². The molecule has 1 rings (SSSR count). The summed E-state index contributed by atoms with van der Waals surface area (Å²) in [5, 5.41) is 0. The second kappa shape index (κ2) is 10.00. The molecule has 0 saturated heterocycles. The molecule has 154 valence electrons. The van der Waals surface area contributed by atoms with Crippen molar-refractivity contribution in [2.24, 2.45) is 0 Å². The number of nitrogens with one attached hydrogen (secondary N) is 1. The molecule has 0 radical (unpaired) electrons. The average molecular weight is 415 g/mol. The summed E-state index contributed by atoms with van der Waals surface area (Å²) in [6.07, 6.45) is -0.329. The number of ether oxygens (including phenoxy) is 3. The van der Waals surface area contributed by atoms with E-state index in [9.17, 15) is 26.9 Å². The lowest BCUT2D eigenvalue weighted by Gasteiger charge is -2.28. The maximum atomic E-state index is 12.5. The van der Waals surface area contributed by atoms with Crippen molar-refractivity contribution < 1.29 is 41.1 Å². The minimum atomic E-state index is -3.20. The SMILES string of the molecule is COC(=O)C[C@H](N[S@+]([O-])C(C)(C)C)c1cc(OC(F)F)cc(OC(F)F)c1. The molecule has 0 amide bonds. The van der Waals surface area contributed by atoms with Gasteiger partial charge in [0.05, 0.1) is 19.6 Å². The number of hydrogen-bond donors (Lipinski definition) is 1. The van der Waals surface area contributed by atoms with Gasteiger partial charge in [-0.1, -0.05) is 0 Å². The average Bonchev–Trinajstić information content (AvgIpc) is 2.51. The van der Waals surface area contributed by atoms with Gasteiger partial charge in [0.15, 0.2) is 0 Å². The van der Waals surface area contributed by atoms with E-state index in [1.807, 2.05) is 0 Å². The fraction of sp³-hybridized carbons (Fsp3) is 0.562. The molecule has 1 aromatic carbocycles. The van der Waals surface area contributed by atoms with Crippen LogP contribution in [0.4, 0.5) is 17.6 Å². The van der Waals surface area contributed by atoms with E-state index in [4.69, 9.17) is 0 Å².